The molecule has 1 aromatic carbocycles. The number of rotatable bonds is 6. The van der Waals surface area contributed by atoms with Crippen LogP contribution in [0.1, 0.15) is 25.3 Å². The van der Waals surface area contributed by atoms with Gasteiger partial charge in [-0.05, 0) is 30.2 Å². The van der Waals surface area contributed by atoms with Gasteiger partial charge in [-0.1, -0.05) is 37.1 Å². The molecule has 1 atom stereocenters. The van der Waals surface area contributed by atoms with Crippen LogP contribution in [-0.4, -0.2) is 23.0 Å². The molecule has 4 nitrogen and oxygen atoms in total. The Balaban J connectivity index is 2.61. The molecule has 0 spiro atoms. The van der Waals surface area contributed by atoms with Gasteiger partial charge in [0.05, 0.1) is 0 Å². The topological polar surface area (TPSA) is 66.4 Å². The summed E-state index contributed by atoms with van der Waals surface area (Å²) in [6.07, 6.45) is 3.99. The van der Waals surface area contributed by atoms with Crippen LogP contribution in [-0.2, 0) is 9.59 Å². The lowest BCUT2D eigenvalue weighted by Gasteiger charge is -2.11. The molecule has 1 aromatic rings. The molecule has 0 radical (unpaired) electrons. The molecule has 0 aliphatic rings. The number of amides is 1. The van der Waals surface area contributed by atoms with Gasteiger partial charge in [0, 0.05) is 11.1 Å². The molecule has 19 heavy (non-hydrogen) atoms. The van der Waals surface area contributed by atoms with Crippen LogP contribution < -0.4 is 5.32 Å². The fourth-order valence-corrected chi connectivity index (χ4v) is 1.75. The van der Waals surface area contributed by atoms with Crippen LogP contribution in [0, 0.1) is 0 Å². The molecule has 0 bridgehead atoms. The summed E-state index contributed by atoms with van der Waals surface area (Å²) in [6, 6.07) is 6.18. The summed E-state index contributed by atoms with van der Waals surface area (Å²) in [4.78, 5) is 22.5. The van der Waals surface area contributed by atoms with Crippen molar-refractivity contribution in [3.63, 3.8) is 0 Å². The minimum Gasteiger partial charge on any atom is -0.480 e. The maximum Gasteiger partial charge on any atom is 0.326 e. The van der Waals surface area contributed by atoms with E-state index in [4.69, 9.17) is 16.7 Å². The van der Waals surface area contributed by atoms with Gasteiger partial charge in [0.2, 0.25) is 5.91 Å². The number of nitrogens with one attached hydrogen (secondary N) is 1. The molecule has 5 heteroatoms. The highest BCUT2D eigenvalue weighted by Gasteiger charge is 2.17. The summed E-state index contributed by atoms with van der Waals surface area (Å²) in [7, 11) is 0. The third-order valence-corrected chi connectivity index (χ3v) is 2.70. The van der Waals surface area contributed by atoms with Crippen molar-refractivity contribution in [3.8, 4) is 0 Å². The molecule has 1 rings (SSSR count). The van der Waals surface area contributed by atoms with Crippen LogP contribution in [0.25, 0.3) is 6.08 Å². The lowest BCUT2D eigenvalue weighted by atomic mass is 10.1. The molecule has 0 aromatic heterocycles. The normalized spacial score (nSPS) is 12.3. The number of halogens is 1. The molecule has 0 aliphatic heterocycles. The molecule has 102 valence electrons. The van der Waals surface area contributed by atoms with Crippen molar-refractivity contribution in [2.75, 3.05) is 0 Å². The molecule has 0 saturated heterocycles. The summed E-state index contributed by atoms with van der Waals surface area (Å²) >= 11 is 5.82. The standard InChI is InChI=1S/C14H16ClNO3/c1-2-4-12(14(18)19)16-13(17)8-7-10-5-3-6-11(15)9-10/h3,5-9,12H,2,4H2,1H3,(H,16,17)(H,18,19)/b8-7+. The maximum atomic E-state index is 11.6. The van der Waals surface area contributed by atoms with Crippen molar-refractivity contribution < 1.29 is 14.7 Å². The Kier molecular flexibility index (Phi) is 6.09. The molecular formula is C14H16ClNO3. The summed E-state index contributed by atoms with van der Waals surface area (Å²) in [5, 5.41) is 11.9. The number of hydrogen-bond donors (Lipinski definition) is 2. The lowest BCUT2D eigenvalue weighted by molar-refractivity contribution is -0.141. The van der Waals surface area contributed by atoms with E-state index in [9.17, 15) is 9.59 Å². The molecule has 0 saturated carbocycles. The van der Waals surface area contributed by atoms with Crippen LogP contribution in [0.5, 0.6) is 0 Å². The average Bonchev–Trinajstić information content (AvgIpc) is 2.36. The summed E-state index contributed by atoms with van der Waals surface area (Å²) in [5.74, 6) is -1.45. The second-order valence-electron chi connectivity index (χ2n) is 4.08. The SMILES string of the molecule is CCCC(NC(=O)/C=C/c1cccc(Cl)c1)C(=O)O. The zero-order valence-electron chi connectivity index (χ0n) is 10.6. The highest BCUT2D eigenvalue weighted by molar-refractivity contribution is 6.30. The third-order valence-electron chi connectivity index (χ3n) is 2.47. The van der Waals surface area contributed by atoms with E-state index in [-0.39, 0.29) is 0 Å². The van der Waals surface area contributed by atoms with E-state index in [0.717, 1.165) is 5.56 Å². The molecule has 2 N–H and O–H groups in total. The number of carboxylic acid groups (broad SMARTS) is 1. The molecular weight excluding hydrogens is 266 g/mol. The molecule has 0 fully saturated rings. The maximum absolute atomic E-state index is 11.6. The largest absolute Gasteiger partial charge is 0.480 e. The van der Waals surface area contributed by atoms with E-state index in [0.29, 0.717) is 17.9 Å². The van der Waals surface area contributed by atoms with Crippen molar-refractivity contribution in [1.29, 1.82) is 0 Å². The van der Waals surface area contributed by atoms with Crippen molar-refractivity contribution in [2.45, 2.75) is 25.8 Å². The fraction of sp³-hybridized carbons (Fsp3) is 0.286. The average molecular weight is 282 g/mol. The van der Waals surface area contributed by atoms with Crippen molar-refractivity contribution >= 4 is 29.6 Å². The number of carbonyl (C=O) groups is 2. The molecule has 1 unspecified atom stereocenters. The molecule has 0 aliphatic carbocycles. The van der Waals surface area contributed by atoms with Gasteiger partial charge < -0.3 is 10.4 Å². The van der Waals surface area contributed by atoms with Gasteiger partial charge >= 0.3 is 5.97 Å². The predicted molar refractivity (Wildman–Crippen MR) is 75.0 cm³/mol. The Bertz CT molecular complexity index is 485. The number of aliphatic carboxylic acids is 1. The van der Waals surface area contributed by atoms with Gasteiger partial charge in [0.1, 0.15) is 6.04 Å². The van der Waals surface area contributed by atoms with E-state index in [1.807, 2.05) is 6.92 Å². The smallest absolute Gasteiger partial charge is 0.326 e. The van der Waals surface area contributed by atoms with Gasteiger partial charge in [-0.25, -0.2) is 4.79 Å². The van der Waals surface area contributed by atoms with Gasteiger partial charge in [-0.15, -0.1) is 0 Å². The Morgan fingerprint density at radius 1 is 1.47 bits per heavy atom. The van der Waals surface area contributed by atoms with Crippen LogP contribution in [0.4, 0.5) is 0 Å². The first kappa shape index (κ1) is 15.2. The van der Waals surface area contributed by atoms with E-state index in [1.165, 1.54) is 6.08 Å². The van der Waals surface area contributed by atoms with E-state index in [1.54, 1.807) is 30.3 Å². The summed E-state index contributed by atoms with van der Waals surface area (Å²) < 4.78 is 0. The van der Waals surface area contributed by atoms with E-state index >= 15 is 0 Å². The van der Waals surface area contributed by atoms with Gasteiger partial charge in [-0.3, -0.25) is 4.79 Å². The predicted octanol–water partition coefficient (Wildman–Crippen LogP) is 2.72. The summed E-state index contributed by atoms with van der Waals surface area (Å²) in [6.45, 7) is 1.86. The van der Waals surface area contributed by atoms with Crippen LogP contribution in [0.15, 0.2) is 30.3 Å². The highest BCUT2D eigenvalue weighted by Crippen LogP contribution is 2.11. The van der Waals surface area contributed by atoms with Crippen molar-refractivity contribution in [1.82, 2.24) is 5.32 Å². The Morgan fingerprint density at radius 2 is 2.21 bits per heavy atom. The number of hydrogen-bond acceptors (Lipinski definition) is 2. The van der Waals surface area contributed by atoms with Gasteiger partial charge in [-0.2, -0.15) is 0 Å². The van der Waals surface area contributed by atoms with Gasteiger partial charge in [0.15, 0.2) is 0 Å². The minimum atomic E-state index is -1.02. The zero-order chi connectivity index (χ0) is 14.3. The second kappa shape index (κ2) is 7.59. The third kappa shape index (κ3) is 5.57. The Labute approximate surface area is 117 Å². The monoisotopic (exact) mass is 281 g/mol. The fourth-order valence-electron chi connectivity index (χ4n) is 1.55. The van der Waals surface area contributed by atoms with Crippen molar-refractivity contribution in [3.05, 3.63) is 40.9 Å². The second-order valence-corrected chi connectivity index (χ2v) is 4.51. The Hall–Kier alpha value is -1.81. The lowest BCUT2D eigenvalue weighted by Crippen LogP contribution is -2.39. The van der Waals surface area contributed by atoms with E-state index in [2.05, 4.69) is 5.32 Å². The first-order chi connectivity index (χ1) is 9.02. The number of carboxylic acids is 1. The quantitative estimate of drug-likeness (QED) is 0.788. The number of carbonyl (C=O) groups excluding carboxylic acids is 1. The van der Waals surface area contributed by atoms with Crippen LogP contribution in [0.3, 0.4) is 0 Å². The van der Waals surface area contributed by atoms with Crippen LogP contribution >= 0.6 is 11.6 Å². The zero-order valence-corrected chi connectivity index (χ0v) is 11.4. The first-order valence-electron chi connectivity index (χ1n) is 6.00. The molecule has 0 heterocycles. The molecule has 1 amide bonds. The summed E-state index contributed by atoms with van der Waals surface area (Å²) in [5.41, 5.74) is 0.782. The first-order valence-corrected chi connectivity index (χ1v) is 6.37. The van der Waals surface area contributed by atoms with Crippen molar-refractivity contribution in [2.24, 2.45) is 0 Å². The minimum absolute atomic E-state index is 0.409. The number of benzene rings is 1. The van der Waals surface area contributed by atoms with E-state index < -0.39 is 17.9 Å². The Morgan fingerprint density at radius 3 is 2.79 bits per heavy atom. The van der Waals surface area contributed by atoms with Gasteiger partial charge in [0.25, 0.3) is 0 Å². The van der Waals surface area contributed by atoms with Crippen LogP contribution in [0.2, 0.25) is 5.02 Å². The highest BCUT2D eigenvalue weighted by atomic mass is 35.5.